The fraction of sp³-hybridized carbons (Fsp3) is 0.867. The van der Waals surface area contributed by atoms with Crippen LogP contribution in [0, 0.1) is 16.2 Å². The highest BCUT2D eigenvalue weighted by atomic mass is 16.3. The minimum absolute atomic E-state index is 0.00644. The molecular formula is C15H24N2O5. The predicted octanol–water partition coefficient (Wildman–Crippen LogP) is 0.186. The summed E-state index contributed by atoms with van der Waals surface area (Å²) in [7, 11) is 0. The number of aliphatic hydroxyl groups excluding tert-OH is 3. The Balaban J connectivity index is 3.41. The van der Waals surface area contributed by atoms with Crippen LogP contribution in [0.5, 0.6) is 0 Å². The Hall–Kier alpha value is -1.36. The third kappa shape index (κ3) is 3.51. The molecule has 0 heterocycles. The molecule has 1 rings (SSSR count). The van der Waals surface area contributed by atoms with Gasteiger partial charge in [-0.2, -0.15) is 0 Å². The molecule has 1 fully saturated rings. The normalized spacial score (nSPS) is 27.6. The fourth-order valence-electron chi connectivity index (χ4n) is 3.92. The highest BCUT2D eigenvalue weighted by molar-refractivity contribution is 5.34. The van der Waals surface area contributed by atoms with E-state index in [-0.39, 0.29) is 18.0 Å². The molecule has 7 nitrogen and oxygen atoms in total. The molecule has 1 aliphatic rings. The van der Waals surface area contributed by atoms with Gasteiger partial charge in [-0.15, -0.1) is 0 Å². The van der Waals surface area contributed by atoms with Crippen LogP contribution in [0.25, 0.3) is 0 Å². The molecule has 0 aromatic heterocycles. The minimum Gasteiger partial charge on any atom is -0.396 e. The average Bonchev–Trinajstić information content (AvgIpc) is 2.46. The number of rotatable bonds is 7. The third-order valence-corrected chi connectivity index (χ3v) is 4.95. The van der Waals surface area contributed by atoms with Crippen molar-refractivity contribution in [2.24, 2.45) is 26.2 Å². The van der Waals surface area contributed by atoms with Gasteiger partial charge >= 0.3 is 0 Å². The lowest BCUT2D eigenvalue weighted by atomic mass is 9.51. The van der Waals surface area contributed by atoms with Crippen molar-refractivity contribution in [1.29, 1.82) is 0 Å². The van der Waals surface area contributed by atoms with Gasteiger partial charge in [0, 0.05) is 10.8 Å². The Kier molecular flexibility index (Phi) is 6.17. The van der Waals surface area contributed by atoms with Gasteiger partial charge in [0.2, 0.25) is 12.2 Å². The molecule has 0 saturated heterocycles. The van der Waals surface area contributed by atoms with Crippen LogP contribution >= 0.6 is 0 Å². The van der Waals surface area contributed by atoms with Crippen LogP contribution in [0.3, 0.4) is 0 Å². The quantitative estimate of drug-likeness (QED) is 0.458. The molecule has 0 aromatic rings. The van der Waals surface area contributed by atoms with Crippen LogP contribution in [-0.4, -0.2) is 59.9 Å². The van der Waals surface area contributed by atoms with Crippen molar-refractivity contribution in [3.8, 4) is 0 Å². The Labute approximate surface area is 129 Å². The van der Waals surface area contributed by atoms with Gasteiger partial charge in [0.1, 0.15) is 0 Å². The summed E-state index contributed by atoms with van der Waals surface area (Å²) in [4.78, 5) is 28.7. The van der Waals surface area contributed by atoms with E-state index < -0.39 is 30.7 Å². The average molecular weight is 312 g/mol. The molecule has 7 heteroatoms. The van der Waals surface area contributed by atoms with Crippen molar-refractivity contribution >= 4 is 12.2 Å². The zero-order valence-corrected chi connectivity index (χ0v) is 13.1. The summed E-state index contributed by atoms with van der Waals surface area (Å²) < 4.78 is 0. The third-order valence-electron chi connectivity index (χ3n) is 4.95. The minimum atomic E-state index is -1.22. The molecule has 0 radical (unpaired) electrons. The maximum Gasteiger partial charge on any atom is 0.235 e. The summed E-state index contributed by atoms with van der Waals surface area (Å²) >= 11 is 0. The van der Waals surface area contributed by atoms with Crippen molar-refractivity contribution < 1.29 is 24.9 Å². The molecule has 0 aromatic carbocycles. The SMILES string of the molecule is CC1(C)CC(N=C=O)CC(CN=C=O)(C(CO)(CO)CO)C1. The van der Waals surface area contributed by atoms with Crippen molar-refractivity contribution in [2.45, 2.75) is 39.2 Å². The predicted molar refractivity (Wildman–Crippen MR) is 78.7 cm³/mol. The molecule has 0 bridgehead atoms. The summed E-state index contributed by atoms with van der Waals surface area (Å²) in [5.74, 6) is 0. The van der Waals surface area contributed by atoms with Crippen LogP contribution in [0.1, 0.15) is 33.1 Å². The van der Waals surface area contributed by atoms with Crippen LogP contribution in [0.4, 0.5) is 0 Å². The van der Waals surface area contributed by atoms with E-state index in [2.05, 4.69) is 9.98 Å². The van der Waals surface area contributed by atoms with Gasteiger partial charge in [-0.3, -0.25) is 0 Å². The van der Waals surface area contributed by atoms with E-state index in [0.29, 0.717) is 19.3 Å². The van der Waals surface area contributed by atoms with Crippen LogP contribution in [-0.2, 0) is 9.59 Å². The maximum absolute atomic E-state index is 10.6. The first kappa shape index (κ1) is 18.7. The maximum atomic E-state index is 10.6. The molecule has 22 heavy (non-hydrogen) atoms. The molecule has 0 amide bonds. The monoisotopic (exact) mass is 312 g/mol. The molecule has 0 spiro atoms. The lowest BCUT2D eigenvalue weighted by Gasteiger charge is -2.54. The highest BCUT2D eigenvalue weighted by Gasteiger charge is 2.56. The number of hydrogen-bond donors (Lipinski definition) is 3. The first-order valence-electron chi connectivity index (χ1n) is 7.27. The van der Waals surface area contributed by atoms with E-state index in [9.17, 15) is 24.9 Å². The van der Waals surface area contributed by atoms with E-state index in [4.69, 9.17) is 0 Å². The molecule has 124 valence electrons. The zero-order chi connectivity index (χ0) is 16.9. The van der Waals surface area contributed by atoms with E-state index >= 15 is 0 Å². The number of aliphatic imine (C=N–C) groups is 2. The van der Waals surface area contributed by atoms with Crippen molar-refractivity contribution in [3.63, 3.8) is 0 Å². The molecule has 2 unspecified atom stereocenters. The number of nitrogens with zero attached hydrogens (tertiary/aromatic N) is 2. The molecular weight excluding hydrogens is 288 g/mol. The number of aliphatic hydroxyl groups is 3. The number of carbonyl (C=O) groups excluding carboxylic acids is 2. The fourth-order valence-corrected chi connectivity index (χ4v) is 3.92. The summed E-state index contributed by atoms with van der Waals surface area (Å²) in [6.07, 6.45) is 4.54. The van der Waals surface area contributed by atoms with E-state index in [1.54, 1.807) is 6.08 Å². The highest BCUT2D eigenvalue weighted by Crippen LogP contribution is 2.55. The summed E-state index contributed by atoms with van der Waals surface area (Å²) in [5, 5.41) is 29.4. The van der Waals surface area contributed by atoms with Crippen molar-refractivity contribution in [2.75, 3.05) is 26.4 Å². The van der Waals surface area contributed by atoms with Gasteiger partial charge in [0.25, 0.3) is 0 Å². The smallest absolute Gasteiger partial charge is 0.235 e. The lowest BCUT2D eigenvalue weighted by molar-refractivity contribution is -0.126. The molecule has 2 atom stereocenters. The Bertz CT molecular complexity index is 468. The second kappa shape index (κ2) is 7.27. The first-order chi connectivity index (χ1) is 10.3. The van der Waals surface area contributed by atoms with Gasteiger partial charge in [0.15, 0.2) is 0 Å². The summed E-state index contributed by atoms with van der Waals surface area (Å²) in [6.45, 7) is 2.60. The van der Waals surface area contributed by atoms with Gasteiger partial charge < -0.3 is 15.3 Å². The molecule has 0 aliphatic heterocycles. The summed E-state index contributed by atoms with van der Waals surface area (Å²) in [5.41, 5.74) is -2.33. The molecule has 1 aliphatic carbocycles. The van der Waals surface area contributed by atoms with Crippen LogP contribution < -0.4 is 0 Å². The van der Waals surface area contributed by atoms with Gasteiger partial charge in [-0.1, -0.05) is 13.8 Å². The van der Waals surface area contributed by atoms with E-state index in [1.807, 2.05) is 13.8 Å². The van der Waals surface area contributed by atoms with Crippen molar-refractivity contribution in [1.82, 2.24) is 0 Å². The lowest BCUT2D eigenvalue weighted by Crippen LogP contribution is -2.57. The van der Waals surface area contributed by atoms with Crippen molar-refractivity contribution in [3.05, 3.63) is 0 Å². The Morgan fingerprint density at radius 1 is 1.09 bits per heavy atom. The van der Waals surface area contributed by atoms with Gasteiger partial charge in [-0.25, -0.2) is 19.6 Å². The number of hydrogen-bond acceptors (Lipinski definition) is 7. The molecule has 3 N–H and O–H groups in total. The second-order valence-corrected chi connectivity index (χ2v) is 7.07. The van der Waals surface area contributed by atoms with E-state index in [0.717, 1.165) is 0 Å². The van der Waals surface area contributed by atoms with E-state index in [1.165, 1.54) is 6.08 Å². The molecule has 1 saturated carbocycles. The standard InChI is InChI=1S/C15H24N2O5/c1-13(2)3-12(17-11-22)4-14(5-13,6-16-10-21)15(7-18,8-19)9-20/h12,18-20H,3-9H2,1-2H3. The summed E-state index contributed by atoms with van der Waals surface area (Å²) in [6, 6.07) is -0.355. The topological polar surface area (TPSA) is 120 Å². The van der Waals surface area contributed by atoms with Gasteiger partial charge in [0.05, 0.1) is 32.4 Å². The Morgan fingerprint density at radius 2 is 1.68 bits per heavy atom. The Morgan fingerprint density at radius 3 is 2.14 bits per heavy atom. The van der Waals surface area contributed by atoms with Gasteiger partial charge in [-0.05, 0) is 24.7 Å². The van der Waals surface area contributed by atoms with Crippen LogP contribution in [0.15, 0.2) is 9.98 Å². The number of isocyanates is 2. The largest absolute Gasteiger partial charge is 0.396 e. The zero-order valence-electron chi connectivity index (χ0n) is 13.1. The van der Waals surface area contributed by atoms with Crippen LogP contribution in [0.2, 0.25) is 0 Å². The second-order valence-electron chi connectivity index (χ2n) is 7.07. The first-order valence-corrected chi connectivity index (χ1v) is 7.27.